The van der Waals surface area contributed by atoms with Crippen molar-refractivity contribution in [2.24, 2.45) is 0 Å². The molecule has 16 heavy (non-hydrogen) atoms. The van der Waals surface area contributed by atoms with Gasteiger partial charge in [-0.05, 0) is 31.2 Å². The van der Waals surface area contributed by atoms with Crippen LogP contribution in [0.5, 0.6) is 0 Å². The van der Waals surface area contributed by atoms with E-state index in [4.69, 9.17) is 4.98 Å². The number of hydrogen-bond donors (Lipinski definition) is 0. The lowest BCUT2D eigenvalue weighted by molar-refractivity contribution is 0.370. The highest BCUT2D eigenvalue weighted by atomic mass is 32.1. The minimum Gasteiger partial charge on any atom is -0.302 e. The van der Waals surface area contributed by atoms with E-state index in [2.05, 4.69) is 42.3 Å². The maximum absolute atomic E-state index is 4.69. The van der Waals surface area contributed by atoms with E-state index in [1.54, 1.807) is 0 Å². The molecule has 0 radical (unpaired) electrons. The Morgan fingerprint density at radius 1 is 1.31 bits per heavy atom. The second-order valence-electron chi connectivity index (χ2n) is 4.23. The molecule has 1 aliphatic heterocycles. The first-order valence-corrected chi connectivity index (χ1v) is 6.38. The summed E-state index contributed by atoms with van der Waals surface area (Å²) in [6, 6.07) is 8.36. The molecule has 0 atom stereocenters. The van der Waals surface area contributed by atoms with Crippen LogP contribution in [0, 0.1) is 0 Å². The van der Waals surface area contributed by atoms with Gasteiger partial charge in [-0.1, -0.05) is 18.2 Å². The molecule has 0 aliphatic carbocycles. The first-order chi connectivity index (χ1) is 7.83. The lowest BCUT2D eigenvalue weighted by Gasteiger charge is -2.20. The fourth-order valence-electron chi connectivity index (χ4n) is 1.97. The first-order valence-electron chi connectivity index (χ1n) is 5.56. The van der Waals surface area contributed by atoms with Crippen LogP contribution in [0.4, 0.5) is 0 Å². The molecular formula is C13H14N2S. The van der Waals surface area contributed by atoms with Gasteiger partial charge in [0.2, 0.25) is 0 Å². The summed E-state index contributed by atoms with van der Waals surface area (Å²) in [4.78, 5) is 7.02. The number of nitrogens with zero attached hydrogens (tertiary/aromatic N) is 2. The molecule has 0 amide bonds. The fourth-order valence-corrected chi connectivity index (χ4v) is 3.01. The predicted octanol–water partition coefficient (Wildman–Crippen LogP) is 3.02. The van der Waals surface area contributed by atoms with Crippen molar-refractivity contribution < 1.29 is 0 Å². The summed E-state index contributed by atoms with van der Waals surface area (Å²) < 4.78 is 1.29. The van der Waals surface area contributed by atoms with Crippen LogP contribution in [-0.2, 0) is 0 Å². The standard InChI is InChI=1S/C13H14N2S/c1-15-8-6-10(7-9-15)13-14-11-4-2-3-5-12(11)16-13/h2-6H,7-9H2,1H3. The highest BCUT2D eigenvalue weighted by Crippen LogP contribution is 2.29. The van der Waals surface area contributed by atoms with Crippen LogP contribution in [0.1, 0.15) is 11.4 Å². The molecule has 0 bridgehead atoms. The summed E-state index contributed by atoms with van der Waals surface area (Å²) in [6.07, 6.45) is 3.43. The Labute approximate surface area is 99.2 Å². The van der Waals surface area contributed by atoms with Crippen molar-refractivity contribution >= 4 is 27.1 Å². The van der Waals surface area contributed by atoms with Gasteiger partial charge in [0, 0.05) is 13.1 Å². The van der Waals surface area contributed by atoms with E-state index in [1.807, 2.05) is 11.3 Å². The van der Waals surface area contributed by atoms with Crippen molar-refractivity contribution in [3.05, 3.63) is 35.3 Å². The van der Waals surface area contributed by atoms with Crippen LogP contribution >= 0.6 is 11.3 Å². The van der Waals surface area contributed by atoms with Crippen molar-refractivity contribution in [3.8, 4) is 0 Å². The molecule has 3 heteroatoms. The number of hydrogen-bond acceptors (Lipinski definition) is 3. The Hall–Kier alpha value is -1.19. The minimum atomic E-state index is 1.05. The van der Waals surface area contributed by atoms with Gasteiger partial charge in [0.05, 0.1) is 10.2 Å². The lowest BCUT2D eigenvalue weighted by atomic mass is 10.1. The van der Waals surface area contributed by atoms with Gasteiger partial charge in [-0.25, -0.2) is 4.98 Å². The molecule has 1 aromatic carbocycles. The average Bonchev–Trinajstić information content (AvgIpc) is 2.73. The molecule has 1 aliphatic rings. The van der Waals surface area contributed by atoms with E-state index in [1.165, 1.54) is 15.3 Å². The van der Waals surface area contributed by atoms with Gasteiger partial charge < -0.3 is 4.90 Å². The van der Waals surface area contributed by atoms with Crippen LogP contribution in [0.15, 0.2) is 30.3 Å². The van der Waals surface area contributed by atoms with Crippen molar-refractivity contribution in [1.29, 1.82) is 0 Å². The molecule has 0 N–H and O–H groups in total. The third-order valence-electron chi connectivity index (χ3n) is 2.98. The van der Waals surface area contributed by atoms with Gasteiger partial charge in [-0.15, -0.1) is 11.3 Å². The van der Waals surface area contributed by atoms with Crippen molar-refractivity contribution in [2.45, 2.75) is 6.42 Å². The highest BCUT2D eigenvalue weighted by molar-refractivity contribution is 7.19. The second kappa shape index (κ2) is 4.00. The zero-order valence-corrected chi connectivity index (χ0v) is 10.1. The van der Waals surface area contributed by atoms with Crippen LogP contribution in [-0.4, -0.2) is 30.0 Å². The molecular weight excluding hydrogens is 216 g/mol. The third kappa shape index (κ3) is 1.77. The predicted molar refractivity (Wildman–Crippen MR) is 69.7 cm³/mol. The van der Waals surface area contributed by atoms with Gasteiger partial charge in [-0.2, -0.15) is 0 Å². The van der Waals surface area contributed by atoms with Crippen LogP contribution in [0.2, 0.25) is 0 Å². The quantitative estimate of drug-likeness (QED) is 0.748. The Bertz CT molecular complexity index is 509. The Morgan fingerprint density at radius 2 is 2.19 bits per heavy atom. The molecule has 1 aromatic heterocycles. The van der Waals surface area contributed by atoms with E-state index >= 15 is 0 Å². The normalized spacial score (nSPS) is 17.7. The summed E-state index contributed by atoms with van der Waals surface area (Å²) in [5.41, 5.74) is 2.54. The summed E-state index contributed by atoms with van der Waals surface area (Å²) in [6.45, 7) is 2.19. The Morgan fingerprint density at radius 3 is 2.94 bits per heavy atom. The molecule has 82 valence electrons. The zero-order valence-electron chi connectivity index (χ0n) is 9.31. The van der Waals surface area contributed by atoms with Crippen molar-refractivity contribution in [3.63, 3.8) is 0 Å². The second-order valence-corrected chi connectivity index (χ2v) is 5.26. The van der Waals surface area contributed by atoms with E-state index in [0.717, 1.165) is 25.0 Å². The number of fused-ring (bicyclic) bond motifs is 1. The molecule has 0 saturated carbocycles. The molecule has 0 spiro atoms. The zero-order chi connectivity index (χ0) is 11.0. The topological polar surface area (TPSA) is 16.1 Å². The Kier molecular flexibility index (Phi) is 2.50. The molecule has 3 rings (SSSR count). The molecule has 0 saturated heterocycles. The van der Waals surface area contributed by atoms with Gasteiger partial charge >= 0.3 is 0 Å². The third-order valence-corrected chi connectivity index (χ3v) is 4.09. The SMILES string of the molecule is CN1CC=C(c2nc3ccccc3s2)CC1. The molecule has 0 unspecified atom stereocenters. The van der Waals surface area contributed by atoms with Crippen molar-refractivity contribution in [2.75, 3.05) is 20.1 Å². The lowest BCUT2D eigenvalue weighted by Crippen LogP contribution is -2.23. The summed E-state index contributed by atoms with van der Waals surface area (Å²) in [5.74, 6) is 0. The number of benzene rings is 1. The Balaban J connectivity index is 2.00. The summed E-state index contributed by atoms with van der Waals surface area (Å²) >= 11 is 1.81. The van der Waals surface area contributed by atoms with E-state index in [0.29, 0.717) is 0 Å². The van der Waals surface area contributed by atoms with Gasteiger partial charge in [0.25, 0.3) is 0 Å². The first kappa shape index (κ1) is 10.00. The van der Waals surface area contributed by atoms with Gasteiger partial charge in [-0.3, -0.25) is 0 Å². The van der Waals surface area contributed by atoms with Gasteiger partial charge in [0.1, 0.15) is 5.01 Å². The van der Waals surface area contributed by atoms with Crippen LogP contribution in [0.25, 0.3) is 15.8 Å². The van der Waals surface area contributed by atoms with E-state index in [-0.39, 0.29) is 0 Å². The summed E-state index contributed by atoms with van der Waals surface area (Å²) in [5, 5.41) is 1.20. The van der Waals surface area contributed by atoms with Gasteiger partial charge in [0.15, 0.2) is 0 Å². The minimum absolute atomic E-state index is 1.05. The number of aromatic nitrogens is 1. The monoisotopic (exact) mass is 230 g/mol. The fraction of sp³-hybridized carbons (Fsp3) is 0.308. The largest absolute Gasteiger partial charge is 0.302 e. The number of thiazole rings is 1. The number of rotatable bonds is 1. The van der Waals surface area contributed by atoms with E-state index < -0.39 is 0 Å². The van der Waals surface area contributed by atoms with E-state index in [9.17, 15) is 0 Å². The number of likely N-dealkylation sites (N-methyl/N-ethyl adjacent to an activating group) is 1. The smallest absolute Gasteiger partial charge is 0.120 e. The molecule has 0 fully saturated rings. The number of para-hydroxylation sites is 1. The average molecular weight is 230 g/mol. The molecule has 2 heterocycles. The summed E-state index contributed by atoms with van der Waals surface area (Å²) in [7, 11) is 2.16. The van der Waals surface area contributed by atoms with Crippen molar-refractivity contribution in [1.82, 2.24) is 9.88 Å². The maximum atomic E-state index is 4.69. The van der Waals surface area contributed by atoms with Crippen LogP contribution < -0.4 is 0 Å². The van der Waals surface area contributed by atoms with Crippen LogP contribution in [0.3, 0.4) is 0 Å². The molecule has 2 aromatic rings. The molecule has 2 nitrogen and oxygen atoms in total. The highest BCUT2D eigenvalue weighted by Gasteiger charge is 2.13. The maximum Gasteiger partial charge on any atom is 0.120 e.